The molecule has 0 amide bonds. The fourth-order valence-corrected chi connectivity index (χ4v) is 2.46. The van der Waals surface area contributed by atoms with Crippen molar-refractivity contribution < 1.29 is 14.3 Å². The largest absolute Gasteiger partial charge is 0.443 e. The van der Waals surface area contributed by atoms with Crippen LogP contribution in [0.15, 0.2) is 36.7 Å². The molecule has 0 bridgehead atoms. The molecule has 0 aliphatic carbocycles. The van der Waals surface area contributed by atoms with E-state index in [-0.39, 0.29) is 5.78 Å². The molecule has 3 aromatic rings. The molecular formula is C17H18N4O3. The second kappa shape index (κ2) is 5.59. The number of aryl methyl sites for hydroxylation is 1. The van der Waals surface area contributed by atoms with E-state index in [0.717, 1.165) is 0 Å². The lowest BCUT2D eigenvalue weighted by Crippen LogP contribution is -2.26. The monoisotopic (exact) mass is 326 g/mol. The molecule has 0 saturated carbocycles. The molecular weight excluding hydrogens is 308 g/mol. The lowest BCUT2D eigenvalue weighted by molar-refractivity contribution is 0.0544. The number of aromatic nitrogens is 4. The van der Waals surface area contributed by atoms with Crippen LogP contribution in [0.3, 0.4) is 0 Å². The molecule has 0 aliphatic rings. The van der Waals surface area contributed by atoms with Crippen molar-refractivity contribution >= 4 is 22.8 Å². The van der Waals surface area contributed by atoms with Gasteiger partial charge in [0, 0.05) is 18.6 Å². The number of nitrogens with zero attached hydrogens (tertiary/aromatic N) is 4. The minimum absolute atomic E-state index is 0.249. The third-order valence-corrected chi connectivity index (χ3v) is 3.49. The Kier molecular flexibility index (Phi) is 3.71. The van der Waals surface area contributed by atoms with Gasteiger partial charge in [-0.3, -0.25) is 9.36 Å². The van der Waals surface area contributed by atoms with E-state index in [9.17, 15) is 9.59 Å². The Balaban J connectivity index is 2.12. The smallest absolute Gasteiger partial charge is 0.419 e. The summed E-state index contributed by atoms with van der Waals surface area (Å²) < 4.78 is 8.19. The topological polar surface area (TPSA) is 79.0 Å². The van der Waals surface area contributed by atoms with Gasteiger partial charge in [0.2, 0.25) is 5.78 Å². The third kappa shape index (κ3) is 2.80. The number of hydrogen-bond donors (Lipinski definition) is 0. The SMILES string of the molecule is Cn1nncc1C(=O)c1cn(C(=O)OC(C)(C)C)c2ccccc12. The zero-order valence-corrected chi connectivity index (χ0v) is 14.0. The van der Waals surface area contributed by atoms with Gasteiger partial charge < -0.3 is 4.74 Å². The molecule has 3 rings (SSSR count). The summed E-state index contributed by atoms with van der Waals surface area (Å²) in [6.45, 7) is 5.39. The minimum atomic E-state index is -0.626. The van der Waals surface area contributed by atoms with Crippen molar-refractivity contribution in [2.75, 3.05) is 0 Å². The maximum absolute atomic E-state index is 12.8. The van der Waals surface area contributed by atoms with Gasteiger partial charge in [-0.1, -0.05) is 23.4 Å². The molecule has 0 unspecified atom stereocenters. The van der Waals surface area contributed by atoms with Crippen molar-refractivity contribution in [1.82, 2.24) is 19.6 Å². The summed E-state index contributed by atoms with van der Waals surface area (Å²) in [7, 11) is 1.65. The summed E-state index contributed by atoms with van der Waals surface area (Å²) in [5.41, 5.74) is 0.743. The maximum Gasteiger partial charge on any atom is 0.419 e. The first-order chi connectivity index (χ1) is 11.3. The van der Waals surface area contributed by atoms with Crippen LogP contribution in [-0.4, -0.2) is 37.0 Å². The van der Waals surface area contributed by atoms with Gasteiger partial charge in [0.1, 0.15) is 11.3 Å². The summed E-state index contributed by atoms with van der Waals surface area (Å²) >= 11 is 0. The van der Waals surface area contributed by atoms with Gasteiger partial charge in [0.25, 0.3) is 0 Å². The van der Waals surface area contributed by atoms with E-state index in [1.54, 1.807) is 40.0 Å². The average molecular weight is 326 g/mol. The van der Waals surface area contributed by atoms with Gasteiger partial charge in [-0.2, -0.15) is 0 Å². The molecule has 124 valence electrons. The lowest BCUT2D eigenvalue weighted by atomic mass is 10.1. The Bertz CT molecular complexity index is 931. The highest BCUT2D eigenvalue weighted by Gasteiger charge is 2.24. The Hall–Kier alpha value is -2.96. The first kappa shape index (κ1) is 15.9. The number of carbonyl (C=O) groups is 2. The zero-order chi connectivity index (χ0) is 17.5. The third-order valence-electron chi connectivity index (χ3n) is 3.49. The first-order valence-corrected chi connectivity index (χ1v) is 7.51. The van der Waals surface area contributed by atoms with Crippen LogP contribution in [-0.2, 0) is 11.8 Å². The highest BCUT2D eigenvalue weighted by atomic mass is 16.6. The van der Waals surface area contributed by atoms with Crippen molar-refractivity contribution in [3.8, 4) is 0 Å². The minimum Gasteiger partial charge on any atom is -0.443 e. The van der Waals surface area contributed by atoms with Crippen LogP contribution >= 0.6 is 0 Å². The number of fused-ring (bicyclic) bond motifs is 1. The molecule has 0 radical (unpaired) electrons. The number of rotatable bonds is 2. The van der Waals surface area contributed by atoms with Crippen LogP contribution in [0.2, 0.25) is 0 Å². The average Bonchev–Trinajstić information content (AvgIpc) is 3.08. The molecule has 0 aliphatic heterocycles. The molecule has 0 saturated heterocycles. The second-order valence-corrected chi connectivity index (χ2v) is 6.48. The van der Waals surface area contributed by atoms with E-state index in [2.05, 4.69) is 10.3 Å². The van der Waals surface area contributed by atoms with Crippen molar-refractivity contribution in [3.05, 3.63) is 47.9 Å². The number of benzene rings is 1. The highest BCUT2D eigenvalue weighted by molar-refractivity contribution is 6.16. The van der Waals surface area contributed by atoms with Gasteiger partial charge in [-0.25, -0.2) is 9.48 Å². The molecule has 0 N–H and O–H groups in total. The summed E-state index contributed by atoms with van der Waals surface area (Å²) in [4.78, 5) is 25.3. The normalized spacial score (nSPS) is 11.7. The van der Waals surface area contributed by atoms with E-state index >= 15 is 0 Å². The summed E-state index contributed by atoms with van der Waals surface area (Å²) in [5.74, 6) is -0.249. The van der Waals surface area contributed by atoms with Crippen LogP contribution in [0.5, 0.6) is 0 Å². The zero-order valence-electron chi connectivity index (χ0n) is 14.0. The number of carbonyl (C=O) groups excluding carboxylic acids is 2. The van der Waals surface area contributed by atoms with E-state index in [0.29, 0.717) is 22.2 Å². The van der Waals surface area contributed by atoms with Gasteiger partial charge >= 0.3 is 6.09 Å². The van der Waals surface area contributed by atoms with Crippen molar-refractivity contribution in [2.45, 2.75) is 26.4 Å². The van der Waals surface area contributed by atoms with Crippen LogP contribution in [0, 0.1) is 0 Å². The standard InChI is InChI=1S/C17H18N4O3/c1-17(2,3)24-16(23)21-10-12(11-7-5-6-8-13(11)21)15(22)14-9-18-19-20(14)4/h5-10H,1-4H3. The molecule has 2 aromatic heterocycles. The number of ether oxygens (including phenoxy) is 1. The van der Waals surface area contributed by atoms with Crippen LogP contribution < -0.4 is 0 Å². The van der Waals surface area contributed by atoms with Gasteiger partial charge in [-0.05, 0) is 26.8 Å². The van der Waals surface area contributed by atoms with Crippen molar-refractivity contribution in [3.63, 3.8) is 0 Å². The van der Waals surface area contributed by atoms with Gasteiger partial charge in [0.05, 0.1) is 17.3 Å². The summed E-state index contributed by atoms with van der Waals surface area (Å²) in [6.07, 6.45) is 2.39. The van der Waals surface area contributed by atoms with E-state index in [1.165, 1.54) is 21.6 Å². The molecule has 24 heavy (non-hydrogen) atoms. The molecule has 7 nitrogen and oxygen atoms in total. The lowest BCUT2D eigenvalue weighted by Gasteiger charge is -2.19. The Labute approximate surface area is 138 Å². The predicted molar refractivity (Wildman–Crippen MR) is 88.0 cm³/mol. The quantitative estimate of drug-likeness (QED) is 0.677. The number of para-hydroxylation sites is 1. The van der Waals surface area contributed by atoms with Crippen molar-refractivity contribution in [2.24, 2.45) is 7.05 Å². The summed E-state index contributed by atoms with van der Waals surface area (Å²) in [5, 5.41) is 8.19. The van der Waals surface area contributed by atoms with Crippen LogP contribution in [0.25, 0.3) is 10.9 Å². The highest BCUT2D eigenvalue weighted by Crippen LogP contribution is 2.24. The molecule has 0 atom stereocenters. The number of ketones is 1. The first-order valence-electron chi connectivity index (χ1n) is 7.51. The second-order valence-electron chi connectivity index (χ2n) is 6.48. The van der Waals surface area contributed by atoms with Crippen LogP contribution in [0.4, 0.5) is 4.79 Å². The molecule has 0 spiro atoms. The Morgan fingerprint density at radius 3 is 2.50 bits per heavy atom. The van der Waals surface area contributed by atoms with E-state index in [4.69, 9.17) is 4.74 Å². The Morgan fingerprint density at radius 1 is 1.17 bits per heavy atom. The summed E-state index contributed by atoms with van der Waals surface area (Å²) in [6, 6.07) is 7.20. The van der Waals surface area contributed by atoms with E-state index < -0.39 is 11.7 Å². The molecule has 0 fully saturated rings. The van der Waals surface area contributed by atoms with E-state index in [1.807, 2.05) is 12.1 Å². The molecule has 7 heteroatoms. The fourth-order valence-electron chi connectivity index (χ4n) is 2.46. The van der Waals surface area contributed by atoms with Gasteiger partial charge in [0.15, 0.2) is 0 Å². The van der Waals surface area contributed by atoms with Gasteiger partial charge in [-0.15, -0.1) is 5.10 Å². The maximum atomic E-state index is 12.8. The molecule has 1 aromatic carbocycles. The Morgan fingerprint density at radius 2 is 1.88 bits per heavy atom. The van der Waals surface area contributed by atoms with Crippen LogP contribution in [0.1, 0.15) is 36.8 Å². The predicted octanol–water partition coefficient (Wildman–Crippen LogP) is 2.78. The molecule has 2 heterocycles. The van der Waals surface area contributed by atoms with Crippen molar-refractivity contribution in [1.29, 1.82) is 0 Å². The fraction of sp³-hybridized carbons (Fsp3) is 0.294. The number of hydrogen-bond acceptors (Lipinski definition) is 5.